The Bertz CT molecular complexity index is 894. The van der Waals surface area contributed by atoms with E-state index in [-0.39, 0.29) is 6.10 Å². The second-order valence-corrected chi connectivity index (χ2v) is 6.77. The third kappa shape index (κ3) is 3.24. The summed E-state index contributed by atoms with van der Waals surface area (Å²) in [5.74, 6) is 0.414. The molecule has 0 spiro atoms. The van der Waals surface area contributed by atoms with Crippen LogP contribution in [0.3, 0.4) is 0 Å². The smallest absolute Gasteiger partial charge is 0.352 e. The molecule has 1 aliphatic rings. The maximum Gasteiger partial charge on any atom is 0.352 e. The van der Waals surface area contributed by atoms with Gasteiger partial charge in [0.2, 0.25) is 0 Å². The average Bonchev–Trinajstić information content (AvgIpc) is 3.09. The molecule has 6 heteroatoms. The van der Waals surface area contributed by atoms with Crippen LogP contribution < -0.4 is 4.74 Å². The number of benzene rings is 1. The molecule has 0 amide bonds. The van der Waals surface area contributed by atoms with Crippen molar-refractivity contribution in [2.45, 2.75) is 39.0 Å². The van der Waals surface area contributed by atoms with Crippen LogP contribution in [0.5, 0.6) is 5.75 Å². The summed E-state index contributed by atoms with van der Waals surface area (Å²) in [4.78, 5) is 15.7. The van der Waals surface area contributed by atoms with E-state index in [0.717, 1.165) is 23.2 Å². The van der Waals surface area contributed by atoms with Crippen molar-refractivity contribution in [1.29, 1.82) is 0 Å². The SMILES string of the molecule is C[C@H](Cn1ccnc1)Oc1cccc2cc(C(=O)O)n(CC3CC3)c12. The fourth-order valence-electron chi connectivity index (χ4n) is 3.26. The van der Waals surface area contributed by atoms with Crippen LogP contribution in [0, 0.1) is 5.92 Å². The van der Waals surface area contributed by atoms with Gasteiger partial charge in [0.15, 0.2) is 0 Å². The van der Waals surface area contributed by atoms with Gasteiger partial charge in [-0.3, -0.25) is 0 Å². The molecule has 3 aromatic rings. The summed E-state index contributed by atoms with van der Waals surface area (Å²) in [5, 5.41) is 10.5. The van der Waals surface area contributed by atoms with Gasteiger partial charge in [0.25, 0.3) is 0 Å². The molecule has 2 aromatic heterocycles. The molecule has 0 saturated heterocycles. The summed E-state index contributed by atoms with van der Waals surface area (Å²) in [5.41, 5.74) is 1.21. The molecular weight excluding hydrogens is 318 g/mol. The Morgan fingerprint density at radius 2 is 2.28 bits per heavy atom. The van der Waals surface area contributed by atoms with E-state index in [9.17, 15) is 9.90 Å². The van der Waals surface area contributed by atoms with Gasteiger partial charge >= 0.3 is 5.97 Å². The second kappa shape index (κ2) is 6.27. The summed E-state index contributed by atoms with van der Waals surface area (Å²) in [6.07, 6.45) is 7.68. The predicted molar refractivity (Wildman–Crippen MR) is 93.9 cm³/mol. The average molecular weight is 339 g/mol. The molecule has 25 heavy (non-hydrogen) atoms. The van der Waals surface area contributed by atoms with Crippen molar-refractivity contribution in [2.24, 2.45) is 5.92 Å². The van der Waals surface area contributed by atoms with Gasteiger partial charge in [0, 0.05) is 24.3 Å². The highest BCUT2D eigenvalue weighted by Crippen LogP contribution is 2.36. The Hall–Kier alpha value is -2.76. The van der Waals surface area contributed by atoms with Crippen LogP contribution in [0.4, 0.5) is 0 Å². The minimum Gasteiger partial charge on any atom is -0.487 e. The van der Waals surface area contributed by atoms with Crippen molar-refractivity contribution >= 4 is 16.9 Å². The van der Waals surface area contributed by atoms with Crippen LogP contribution >= 0.6 is 0 Å². The zero-order valence-corrected chi connectivity index (χ0v) is 14.1. The largest absolute Gasteiger partial charge is 0.487 e. The molecule has 1 atom stereocenters. The van der Waals surface area contributed by atoms with E-state index in [4.69, 9.17) is 4.74 Å². The number of para-hydroxylation sites is 1. The number of carboxylic acid groups (broad SMARTS) is 1. The zero-order chi connectivity index (χ0) is 17.4. The standard InChI is InChI=1S/C19H21N3O3/c1-13(10-21-8-7-20-12-21)25-17-4-2-3-15-9-16(19(23)24)22(18(15)17)11-14-5-6-14/h2-4,7-9,12-14H,5-6,10-11H2,1H3,(H,23,24)/t13-/m1/s1. The van der Waals surface area contributed by atoms with E-state index >= 15 is 0 Å². The van der Waals surface area contributed by atoms with Crippen molar-refractivity contribution in [3.8, 4) is 5.75 Å². The number of carboxylic acids is 1. The fourth-order valence-corrected chi connectivity index (χ4v) is 3.26. The normalized spacial score (nSPS) is 15.4. The number of imidazole rings is 1. The number of aromatic carboxylic acids is 1. The first-order valence-electron chi connectivity index (χ1n) is 8.60. The highest BCUT2D eigenvalue weighted by atomic mass is 16.5. The molecule has 1 saturated carbocycles. The maximum atomic E-state index is 11.7. The molecule has 1 N–H and O–H groups in total. The van der Waals surface area contributed by atoms with E-state index in [1.807, 2.05) is 40.5 Å². The number of rotatable bonds is 7. The molecule has 1 aliphatic carbocycles. The van der Waals surface area contributed by atoms with Gasteiger partial charge in [-0.15, -0.1) is 0 Å². The van der Waals surface area contributed by atoms with E-state index in [1.165, 1.54) is 12.8 Å². The summed E-state index contributed by atoms with van der Waals surface area (Å²) in [7, 11) is 0. The van der Waals surface area contributed by atoms with Crippen molar-refractivity contribution < 1.29 is 14.6 Å². The lowest BCUT2D eigenvalue weighted by molar-refractivity contribution is 0.0685. The number of ether oxygens (including phenoxy) is 1. The van der Waals surface area contributed by atoms with Gasteiger partial charge in [-0.1, -0.05) is 12.1 Å². The van der Waals surface area contributed by atoms with Crippen LogP contribution in [0.1, 0.15) is 30.3 Å². The summed E-state index contributed by atoms with van der Waals surface area (Å²) in [6.45, 7) is 3.43. The number of nitrogens with zero attached hydrogens (tertiary/aromatic N) is 3. The van der Waals surface area contributed by atoms with Crippen molar-refractivity contribution in [1.82, 2.24) is 14.1 Å². The molecule has 0 radical (unpaired) electrons. The van der Waals surface area contributed by atoms with Crippen molar-refractivity contribution in [3.63, 3.8) is 0 Å². The van der Waals surface area contributed by atoms with E-state index in [2.05, 4.69) is 4.98 Å². The second-order valence-electron chi connectivity index (χ2n) is 6.77. The lowest BCUT2D eigenvalue weighted by Crippen LogP contribution is -2.19. The summed E-state index contributed by atoms with van der Waals surface area (Å²) < 4.78 is 10.1. The number of hydrogen-bond acceptors (Lipinski definition) is 3. The van der Waals surface area contributed by atoms with E-state index in [0.29, 0.717) is 18.2 Å². The Balaban J connectivity index is 1.69. The third-order valence-corrected chi connectivity index (χ3v) is 4.60. The molecule has 1 fully saturated rings. The topological polar surface area (TPSA) is 69.3 Å². The molecule has 130 valence electrons. The Morgan fingerprint density at radius 3 is 2.96 bits per heavy atom. The molecule has 6 nitrogen and oxygen atoms in total. The zero-order valence-electron chi connectivity index (χ0n) is 14.1. The molecule has 0 aliphatic heterocycles. The molecule has 4 rings (SSSR count). The molecule has 0 bridgehead atoms. The van der Waals surface area contributed by atoms with Gasteiger partial charge in [-0.2, -0.15) is 0 Å². The van der Waals surface area contributed by atoms with Gasteiger partial charge in [0.05, 0.1) is 18.4 Å². The first-order valence-corrected chi connectivity index (χ1v) is 8.60. The minimum absolute atomic E-state index is 0.0580. The third-order valence-electron chi connectivity index (χ3n) is 4.60. The fraction of sp³-hybridized carbons (Fsp3) is 0.368. The van der Waals surface area contributed by atoms with Gasteiger partial charge in [-0.05, 0) is 37.8 Å². The number of hydrogen-bond donors (Lipinski definition) is 1. The highest BCUT2D eigenvalue weighted by molar-refractivity contribution is 5.96. The number of carbonyl (C=O) groups is 1. The monoisotopic (exact) mass is 339 g/mol. The number of fused-ring (bicyclic) bond motifs is 1. The molecule has 2 heterocycles. The lowest BCUT2D eigenvalue weighted by atomic mass is 10.2. The highest BCUT2D eigenvalue weighted by Gasteiger charge is 2.26. The van der Waals surface area contributed by atoms with E-state index in [1.54, 1.807) is 18.6 Å². The minimum atomic E-state index is -0.894. The lowest BCUT2D eigenvalue weighted by Gasteiger charge is -2.17. The summed E-state index contributed by atoms with van der Waals surface area (Å²) >= 11 is 0. The van der Waals surface area contributed by atoms with Crippen LogP contribution in [0.15, 0.2) is 43.0 Å². The first-order chi connectivity index (χ1) is 12.1. The van der Waals surface area contributed by atoms with Crippen molar-refractivity contribution in [3.05, 3.63) is 48.7 Å². The van der Waals surface area contributed by atoms with Crippen LogP contribution in [0.25, 0.3) is 10.9 Å². The Labute approximate surface area is 145 Å². The molecule has 1 aromatic carbocycles. The predicted octanol–water partition coefficient (Wildman–Crippen LogP) is 3.41. The van der Waals surface area contributed by atoms with Gasteiger partial charge in [0.1, 0.15) is 17.5 Å². The quantitative estimate of drug-likeness (QED) is 0.716. The first kappa shape index (κ1) is 15.7. The van der Waals surface area contributed by atoms with Crippen LogP contribution in [-0.4, -0.2) is 31.3 Å². The number of aromatic nitrogens is 3. The molecule has 0 unspecified atom stereocenters. The van der Waals surface area contributed by atoms with Crippen LogP contribution in [-0.2, 0) is 13.1 Å². The van der Waals surface area contributed by atoms with Crippen molar-refractivity contribution in [2.75, 3.05) is 0 Å². The molecular formula is C19H21N3O3. The summed E-state index contributed by atoms with van der Waals surface area (Å²) in [6, 6.07) is 7.52. The van der Waals surface area contributed by atoms with E-state index < -0.39 is 5.97 Å². The Morgan fingerprint density at radius 1 is 1.44 bits per heavy atom. The maximum absolute atomic E-state index is 11.7. The van der Waals surface area contributed by atoms with Gasteiger partial charge in [-0.25, -0.2) is 9.78 Å². The van der Waals surface area contributed by atoms with Gasteiger partial charge < -0.3 is 19.0 Å². The Kier molecular flexibility index (Phi) is 3.95. The van der Waals surface area contributed by atoms with Crippen LogP contribution in [0.2, 0.25) is 0 Å².